The molecule has 28 heavy (non-hydrogen) atoms. The molecule has 0 bridgehead atoms. The molecule has 0 aromatic heterocycles. The van der Waals surface area contributed by atoms with Gasteiger partial charge in [-0.25, -0.2) is 0 Å². The summed E-state index contributed by atoms with van der Waals surface area (Å²) in [6.07, 6.45) is 8.64. The summed E-state index contributed by atoms with van der Waals surface area (Å²) in [5.74, 6) is 0.886. The van der Waals surface area contributed by atoms with Crippen LogP contribution in [0.1, 0.15) is 44.1 Å². The molecular formula is C23H36ClN3O. The van der Waals surface area contributed by atoms with Crippen molar-refractivity contribution in [1.29, 1.82) is 0 Å². The number of likely N-dealkylation sites (tertiary alicyclic amines) is 2. The van der Waals surface area contributed by atoms with E-state index in [1.54, 1.807) is 0 Å². The van der Waals surface area contributed by atoms with Crippen LogP contribution >= 0.6 is 11.6 Å². The Hall–Kier alpha value is -1.10. The Labute approximate surface area is 175 Å². The summed E-state index contributed by atoms with van der Waals surface area (Å²) in [6, 6.07) is 8.19. The van der Waals surface area contributed by atoms with E-state index >= 15 is 0 Å². The van der Waals surface area contributed by atoms with Gasteiger partial charge < -0.3 is 9.80 Å². The molecule has 156 valence electrons. The number of likely N-dealkylation sites (N-methyl/N-ethyl adjacent to an activating group) is 1. The molecule has 1 atom stereocenters. The maximum absolute atomic E-state index is 12.7. The van der Waals surface area contributed by atoms with Gasteiger partial charge in [0.1, 0.15) is 0 Å². The monoisotopic (exact) mass is 405 g/mol. The van der Waals surface area contributed by atoms with Crippen LogP contribution in [-0.2, 0) is 11.2 Å². The predicted octanol–water partition coefficient (Wildman–Crippen LogP) is 3.93. The van der Waals surface area contributed by atoms with E-state index in [9.17, 15) is 4.79 Å². The fourth-order valence-electron chi connectivity index (χ4n) is 4.54. The lowest BCUT2D eigenvalue weighted by molar-refractivity contribution is -0.131. The summed E-state index contributed by atoms with van der Waals surface area (Å²) in [5, 5.41) is 0.801. The molecule has 0 spiro atoms. The average Bonchev–Trinajstić information content (AvgIpc) is 2.96. The van der Waals surface area contributed by atoms with Gasteiger partial charge in [0, 0.05) is 31.7 Å². The number of hydrogen-bond acceptors (Lipinski definition) is 3. The summed E-state index contributed by atoms with van der Waals surface area (Å²) >= 11 is 5.98. The molecule has 0 radical (unpaired) electrons. The largest absolute Gasteiger partial charge is 0.344 e. The van der Waals surface area contributed by atoms with Gasteiger partial charge in [-0.3, -0.25) is 9.69 Å². The fourth-order valence-corrected chi connectivity index (χ4v) is 4.66. The summed E-state index contributed by atoms with van der Waals surface area (Å²) in [6.45, 7) is 7.03. The van der Waals surface area contributed by atoms with Gasteiger partial charge in [0.15, 0.2) is 0 Å². The summed E-state index contributed by atoms with van der Waals surface area (Å²) in [4.78, 5) is 19.6. The molecule has 1 amide bonds. The predicted molar refractivity (Wildman–Crippen MR) is 117 cm³/mol. The van der Waals surface area contributed by atoms with Crippen molar-refractivity contribution in [1.82, 2.24) is 14.7 Å². The smallest absolute Gasteiger partial charge is 0.236 e. The quantitative estimate of drug-likeness (QED) is 0.687. The van der Waals surface area contributed by atoms with Crippen molar-refractivity contribution < 1.29 is 4.79 Å². The van der Waals surface area contributed by atoms with Crippen molar-refractivity contribution in [3.05, 3.63) is 34.9 Å². The topological polar surface area (TPSA) is 26.8 Å². The van der Waals surface area contributed by atoms with Crippen LogP contribution in [0.25, 0.3) is 0 Å². The van der Waals surface area contributed by atoms with Gasteiger partial charge in [-0.1, -0.05) is 36.6 Å². The number of carbonyl (C=O) groups is 1. The van der Waals surface area contributed by atoms with Gasteiger partial charge >= 0.3 is 0 Å². The highest BCUT2D eigenvalue weighted by Crippen LogP contribution is 2.19. The molecule has 0 N–H and O–H groups in total. The maximum atomic E-state index is 12.7. The van der Waals surface area contributed by atoms with Crippen LogP contribution in [-0.4, -0.2) is 73.5 Å². The molecule has 2 fully saturated rings. The van der Waals surface area contributed by atoms with E-state index in [0.717, 1.165) is 44.2 Å². The SMILES string of the molecule is CN(C[C@@H]1CCCN(CCc2ccc(Cl)cc2)C1)C(=O)CN1CCCCCC1. The zero-order valence-electron chi connectivity index (χ0n) is 17.4. The average molecular weight is 406 g/mol. The minimum atomic E-state index is 0.292. The van der Waals surface area contributed by atoms with Crippen LogP contribution in [0, 0.1) is 5.92 Å². The highest BCUT2D eigenvalue weighted by Gasteiger charge is 2.23. The van der Waals surface area contributed by atoms with Crippen molar-refractivity contribution >= 4 is 17.5 Å². The Morgan fingerprint density at radius 1 is 1.04 bits per heavy atom. The number of carbonyl (C=O) groups excluding carboxylic acids is 1. The zero-order chi connectivity index (χ0) is 19.8. The fraction of sp³-hybridized carbons (Fsp3) is 0.696. The van der Waals surface area contributed by atoms with Crippen molar-refractivity contribution in [3.8, 4) is 0 Å². The minimum Gasteiger partial charge on any atom is -0.344 e. The number of amides is 1. The van der Waals surface area contributed by atoms with E-state index in [0.29, 0.717) is 18.4 Å². The van der Waals surface area contributed by atoms with Crippen LogP contribution < -0.4 is 0 Å². The molecule has 0 saturated carbocycles. The van der Waals surface area contributed by atoms with Crippen molar-refractivity contribution in [2.45, 2.75) is 44.9 Å². The molecule has 4 nitrogen and oxygen atoms in total. The summed E-state index contributed by atoms with van der Waals surface area (Å²) < 4.78 is 0. The third kappa shape index (κ3) is 7.06. The van der Waals surface area contributed by atoms with Crippen molar-refractivity contribution in [3.63, 3.8) is 0 Å². The van der Waals surface area contributed by atoms with Gasteiger partial charge in [-0.2, -0.15) is 0 Å². The first-order valence-corrected chi connectivity index (χ1v) is 11.4. The Balaban J connectivity index is 1.40. The molecule has 2 heterocycles. The molecule has 1 aromatic carbocycles. The van der Waals surface area contributed by atoms with E-state index < -0.39 is 0 Å². The molecule has 0 unspecified atom stereocenters. The van der Waals surface area contributed by atoms with Crippen LogP contribution in [0.4, 0.5) is 0 Å². The molecule has 2 saturated heterocycles. The number of benzene rings is 1. The highest BCUT2D eigenvalue weighted by atomic mass is 35.5. The second-order valence-electron chi connectivity index (χ2n) is 8.65. The molecule has 2 aliphatic rings. The summed E-state index contributed by atoms with van der Waals surface area (Å²) in [5.41, 5.74) is 1.34. The van der Waals surface area contributed by atoms with Crippen LogP contribution in [0.3, 0.4) is 0 Å². The second-order valence-corrected chi connectivity index (χ2v) is 9.09. The van der Waals surface area contributed by atoms with Gasteiger partial charge in [0.05, 0.1) is 6.54 Å². The lowest BCUT2D eigenvalue weighted by atomic mass is 9.97. The van der Waals surface area contributed by atoms with Crippen LogP contribution in [0.5, 0.6) is 0 Å². The van der Waals surface area contributed by atoms with Crippen molar-refractivity contribution in [2.75, 3.05) is 52.9 Å². The lowest BCUT2D eigenvalue weighted by Gasteiger charge is -2.35. The Bertz CT molecular complexity index is 598. The van der Waals surface area contributed by atoms with Crippen LogP contribution in [0.15, 0.2) is 24.3 Å². The highest BCUT2D eigenvalue weighted by molar-refractivity contribution is 6.30. The summed E-state index contributed by atoms with van der Waals surface area (Å²) in [7, 11) is 1.99. The molecule has 5 heteroatoms. The van der Waals surface area contributed by atoms with E-state index in [1.165, 1.54) is 50.6 Å². The van der Waals surface area contributed by atoms with Gasteiger partial charge in [-0.15, -0.1) is 0 Å². The Morgan fingerprint density at radius 3 is 2.43 bits per heavy atom. The van der Waals surface area contributed by atoms with E-state index in [2.05, 4.69) is 21.9 Å². The minimum absolute atomic E-state index is 0.292. The number of piperidine rings is 1. The molecule has 1 aromatic rings. The standard InChI is InChI=1S/C23H36ClN3O/c1-25(23(28)19-26-13-4-2-3-5-14-26)17-21-7-6-15-27(18-21)16-12-20-8-10-22(24)11-9-20/h8-11,21H,2-7,12-19H2,1H3/t21-/m0/s1. The number of nitrogens with zero attached hydrogens (tertiary/aromatic N) is 3. The zero-order valence-corrected chi connectivity index (χ0v) is 18.2. The first kappa shape index (κ1) is 21.6. The van der Waals surface area contributed by atoms with Gasteiger partial charge in [0.2, 0.25) is 5.91 Å². The van der Waals surface area contributed by atoms with Gasteiger partial charge in [-0.05, 0) is 75.4 Å². The number of halogens is 1. The molecule has 2 aliphatic heterocycles. The van der Waals surface area contributed by atoms with Crippen molar-refractivity contribution in [2.24, 2.45) is 5.92 Å². The molecule has 0 aliphatic carbocycles. The van der Waals surface area contributed by atoms with E-state index in [-0.39, 0.29) is 0 Å². The first-order chi connectivity index (χ1) is 13.6. The normalized spacial score (nSPS) is 22.0. The second kappa shape index (κ2) is 11.2. The van der Waals surface area contributed by atoms with Gasteiger partial charge in [0.25, 0.3) is 0 Å². The maximum Gasteiger partial charge on any atom is 0.236 e. The van der Waals surface area contributed by atoms with Crippen LogP contribution in [0.2, 0.25) is 5.02 Å². The van der Waals surface area contributed by atoms with E-state index in [1.807, 2.05) is 24.1 Å². The third-order valence-electron chi connectivity index (χ3n) is 6.25. The Morgan fingerprint density at radius 2 is 1.71 bits per heavy atom. The third-order valence-corrected chi connectivity index (χ3v) is 6.50. The first-order valence-electron chi connectivity index (χ1n) is 11.0. The Kier molecular flexibility index (Phi) is 8.63. The lowest BCUT2D eigenvalue weighted by Crippen LogP contribution is -2.44. The van der Waals surface area contributed by atoms with E-state index in [4.69, 9.17) is 11.6 Å². The number of hydrogen-bond donors (Lipinski definition) is 0. The molecular weight excluding hydrogens is 370 g/mol. The number of rotatable bonds is 7. The molecule has 3 rings (SSSR count).